The Balaban J connectivity index is 2.46. The minimum atomic E-state index is -0.510. The highest BCUT2D eigenvalue weighted by atomic mass is 35.5. The molecule has 5 heteroatoms. The molecule has 1 aromatic carbocycles. The predicted molar refractivity (Wildman–Crippen MR) is 56.9 cm³/mol. The number of aromatic nitrogens is 2. The second-order valence-electron chi connectivity index (χ2n) is 3.08. The first-order chi connectivity index (χ1) is 7.68. The van der Waals surface area contributed by atoms with E-state index in [1.807, 2.05) is 0 Å². The molecule has 0 saturated carbocycles. The molecular formula is C11H6ClFN2O. The molecule has 80 valence electrons. The van der Waals surface area contributed by atoms with Crippen LogP contribution in [0.5, 0.6) is 0 Å². The molecule has 0 N–H and O–H groups in total. The fourth-order valence-corrected chi connectivity index (χ4v) is 1.45. The van der Waals surface area contributed by atoms with Crippen molar-refractivity contribution in [2.75, 3.05) is 0 Å². The fourth-order valence-electron chi connectivity index (χ4n) is 1.24. The standard InChI is InChI=1S/C11H6ClFN2O/c12-10-2-1-8(13)3-9(10)11(16)7-4-14-6-15-5-7/h1-6H. The van der Waals surface area contributed by atoms with Gasteiger partial charge in [0.15, 0.2) is 5.78 Å². The summed E-state index contributed by atoms with van der Waals surface area (Å²) in [7, 11) is 0. The van der Waals surface area contributed by atoms with Crippen LogP contribution in [0.25, 0.3) is 0 Å². The fraction of sp³-hybridized carbons (Fsp3) is 0. The van der Waals surface area contributed by atoms with Crippen LogP contribution in [-0.2, 0) is 0 Å². The van der Waals surface area contributed by atoms with Gasteiger partial charge in [0, 0.05) is 18.0 Å². The van der Waals surface area contributed by atoms with E-state index < -0.39 is 11.6 Å². The molecule has 0 aliphatic carbocycles. The summed E-state index contributed by atoms with van der Waals surface area (Å²) in [6.45, 7) is 0. The lowest BCUT2D eigenvalue weighted by molar-refractivity contribution is 0.103. The monoisotopic (exact) mass is 236 g/mol. The second-order valence-corrected chi connectivity index (χ2v) is 3.49. The van der Waals surface area contributed by atoms with Crippen molar-refractivity contribution in [1.82, 2.24) is 9.97 Å². The number of halogens is 2. The molecule has 2 aromatic rings. The zero-order valence-electron chi connectivity index (χ0n) is 8.02. The highest BCUT2D eigenvalue weighted by Gasteiger charge is 2.13. The molecule has 1 heterocycles. The quantitative estimate of drug-likeness (QED) is 0.753. The van der Waals surface area contributed by atoms with Crippen LogP contribution in [0.2, 0.25) is 5.02 Å². The minimum absolute atomic E-state index is 0.108. The Hall–Kier alpha value is -1.81. The summed E-state index contributed by atoms with van der Waals surface area (Å²) >= 11 is 5.81. The summed E-state index contributed by atoms with van der Waals surface area (Å²) in [5.41, 5.74) is 0.381. The lowest BCUT2D eigenvalue weighted by Crippen LogP contribution is -2.03. The van der Waals surface area contributed by atoms with Crippen LogP contribution < -0.4 is 0 Å². The van der Waals surface area contributed by atoms with Gasteiger partial charge in [0.1, 0.15) is 12.1 Å². The Morgan fingerprint density at radius 2 is 1.94 bits per heavy atom. The van der Waals surface area contributed by atoms with Crippen LogP contribution in [0, 0.1) is 5.82 Å². The van der Waals surface area contributed by atoms with E-state index in [0.717, 1.165) is 6.07 Å². The van der Waals surface area contributed by atoms with Gasteiger partial charge in [-0.3, -0.25) is 4.79 Å². The molecule has 0 amide bonds. The van der Waals surface area contributed by atoms with Crippen molar-refractivity contribution in [3.05, 3.63) is 58.9 Å². The maximum absolute atomic E-state index is 13.0. The first-order valence-electron chi connectivity index (χ1n) is 4.43. The molecule has 0 aliphatic rings. The van der Waals surface area contributed by atoms with Crippen LogP contribution >= 0.6 is 11.6 Å². The molecule has 16 heavy (non-hydrogen) atoms. The molecule has 3 nitrogen and oxygen atoms in total. The van der Waals surface area contributed by atoms with Gasteiger partial charge in [0.2, 0.25) is 0 Å². The third-order valence-corrected chi connectivity index (χ3v) is 2.33. The van der Waals surface area contributed by atoms with Crippen molar-refractivity contribution < 1.29 is 9.18 Å². The third-order valence-electron chi connectivity index (χ3n) is 2.00. The smallest absolute Gasteiger partial charge is 0.197 e. The Morgan fingerprint density at radius 3 is 2.62 bits per heavy atom. The SMILES string of the molecule is O=C(c1cncnc1)c1cc(F)ccc1Cl. The Kier molecular flexibility index (Phi) is 2.92. The normalized spacial score (nSPS) is 10.1. The van der Waals surface area contributed by atoms with Crippen LogP contribution in [0.1, 0.15) is 15.9 Å². The van der Waals surface area contributed by atoms with Crippen LogP contribution in [-0.4, -0.2) is 15.8 Å². The van der Waals surface area contributed by atoms with Crippen LogP contribution in [0.15, 0.2) is 36.9 Å². The molecule has 0 spiro atoms. The van der Waals surface area contributed by atoms with Crippen molar-refractivity contribution in [2.24, 2.45) is 0 Å². The number of nitrogens with zero attached hydrogens (tertiary/aromatic N) is 2. The third kappa shape index (κ3) is 2.06. The van der Waals surface area contributed by atoms with Crippen LogP contribution in [0.3, 0.4) is 0 Å². The predicted octanol–water partition coefficient (Wildman–Crippen LogP) is 2.50. The van der Waals surface area contributed by atoms with Crippen LogP contribution in [0.4, 0.5) is 4.39 Å². The van der Waals surface area contributed by atoms with Gasteiger partial charge >= 0.3 is 0 Å². The molecule has 0 radical (unpaired) electrons. The summed E-state index contributed by atoms with van der Waals surface area (Å²) in [5, 5.41) is 0.204. The number of carbonyl (C=O) groups excluding carboxylic acids is 1. The first kappa shape index (κ1) is 10.7. The molecular weight excluding hydrogens is 231 g/mol. The Bertz CT molecular complexity index is 531. The maximum atomic E-state index is 13.0. The summed E-state index contributed by atoms with van der Waals surface area (Å²) in [5.74, 6) is -0.908. The summed E-state index contributed by atoms with van der Waals surface area (Å²) in [4.78, 5) is 19.3. The van der Waals surface area contributed by atoms with E-state index in [2.05, 4.69) is 9.97 Å². The number of ketones is 1. The molecule has 0 bridgehead atoms. The molecule has 1 aromatic heterocycles. The van der Waals surface area contributed by atoms with E-state index in [9.17, 15) is 9.18 Å². The number of benzene rings is 1. The summed E-state index contributed by atoms with van der Waals surface area (Å²) in [6, 6.07) is 3.63. The van der Waals surface area contributed by atoms with Crippen molar-refractivity contribution in [3.63, 3.8) is 0 Å². The van der Waals surface area contributed by atoms with E-state index >= 15 is 0 Å². The number of rotatable bonds is 2. The molecule has 0 aliphatic heterocycles. The molecule has 0 fully saturated rings. The zero-order valence-corrected chi connectivity index (χ0v) is 8.78. The van der Waals surface area contributed by atoms with E-state index in [0.29, 0.717) is 0 Å². The highest BCUT2D eigenvalue weighted by Crippen LogP contribution is 2.19. The van der Waals surface area contributed by atoms with Gasteiger partial charge in [-0.1, -0.05) is 11.6 Å². The average Bonchev–Trinajstić information content (AvgIpc) is 2.32. The van der Waals surface area contributed by atoms with E-state index in [-0.39, 0.29) is 16.1 Å². The number of hydrogen-bond acceptors (Lipinski definition) is 3. The van der Waals surface area contributed by atoms with Gasteiger partial charge in [-0.2, -0.15) is 0 Å². The molecule has 2 rings (SSSR count). The highest BCUT2D eigenvalue weighted by molar-refractivity contribution is 6.34. The van der Waals surface area contributed by atoms with E-state index in [1.165, 1.54) is 30.9 Å². The molecule has 0 unspecified atom stereocenters. The summed E-state index contributed by atoms with van der Waals surface area (Å²) in [6.07, 6.45) is 4.02. The Morgan fingerprint density at radius 1 is 1.25 bits per heavy atom. The maximum Gasteiger partial charge on any atom is 0.197 e. The first-order valence-corrected chi connectivity index (χ1v) is 4.81. The molecule has 0 saturated heterocycles. The number of carbonyl (C=O) groups is 1. The minimum Gasteiger partial charge on any atom is -0.288 e. The van der Waals surface area contributed by atoms with Crippen molar-refractivity contribution >= 4 is 17.4 Å². The lowest BCUT2D eigenvalue weighted by Gasteiger charge is -2.02. The van der Waals surface area contributed by atoms with Gasteiger partial charge < -0.3 is 0 Å². The summed E-state index contributed by atoms with van der Waals surface area (Å²) < 4.78 is 13.0. The van der Waals surface area contributed by atoms with Gasteiger partial charge in [-0.05, 0) is 18.2 Å². The van der Waals surface area contributed by atoms with Gasteiger partial charge in [0.25, 0.3) is 0 Å². The largest absolute Gasteiger partial charge is 0.288 e. The number of hydrogen-bond donors (Lipinski definition) is 0. The zero-order chi connectivity index (χ0) is 11.5. The lowest BCUT2D eigenvalue weighted by atomic mass is 10.1. The van der Waals surface area contributed by atoms with Gasteiger partial charge in [-0.15, -0.1) is 0 Å². The van der Waals surface area contributed by atoms with Gasteiger partial charge in [0.05, 0.1) is 10.6 Å². The van der Waals surface area contributed by atoms with Gasteiger partial charge in [-0.25, -0.2) is 14.4 Å². The molecule has 0 atom stereocenters. The Labute approximate surface area is 95.9 Å². The van der Waals surface area contributed by atoms with E-state index in [4.69, 9.17) is 11.6 Å². The van der Waals surface area contributed by atoms with Crippen molar-refractivity contribution in [2.45, 2.75) is 0 Å². The van der Waals surface area contributed by atoms with Crippen molar-refractivity contribution in [1.29, 1.82) is 0 Å². The topological polar surface area (TPSA) is 42.9 Å². The van der Waals surface area contributed by atoms with E-state index in [1.54, 1.807) is 0 Å². The average molecular weight is 237 g/mol. The van der Waals surface area contributed by atoms with Crippen molar-refractivity contribution in [3.8, 4) is 0 Å². The second kappa shape index (κ2) is 4.37.